The molecule has 0 radical (unpaired) electrons. The summed E-state index contributed by atoms with van der Waals surface area (Å²) >= 11 is 6.22. The van der Waals surface area contributed by atoms with Crippen molar-refractivity contribution in [2.45, 2.75) is 25.7 Å². The van der Waals surface area contributed by atoms with E-state index in [-0.39, 0.29) is 36.2 Å². The van der Waals surface area contributed by atoms with E-state index in [0.717, 1.165) is 12.8 Å². The van der Waals surface area contributed by atoms with Crippen LogP contribution in [-0.4, -0.2) is 42.3 Å². The average molecular weight is 378 g/mol. The Morgan fingerprint density at radius 3 is 2.58 bits per heavy atom. The van der Waals surface area contributed by atoms with Gasteiger partial charge in [-0.15, -0.1) is 0 Å². The molecule has 2 heterocycles. The maximum atomic E-state index is 12.6. The predicted octanol–water partition coefficient (Wildman–Crippen LogP) is 2.26. The zero-order chi connectivity index (χ0) is 18.3. The monoisotopic (exact) mass is 377 g/mol. The predicted molar refractivity (Wildman–Crippen MR) is 96.2 cm³/mol. The first-order chi connectivity index (χ1) is 12.5. The van der Waals surface area contributed by atoms with E-state index in [1.807, 2.05) is 4.90 Å². The Morgan fingerprint density at radius 2 is 1.88 bits per heavy atom. The van der Waals surface area contributed by atoms with E-state index in [2.05, 4.69) is 10.6 Å². The van der Waals surface area contributed by atoms with E-state index in [1.54, 1.807) is 12.1 Å². The van der Waals surface area contributed by atoms with E-state index < -0.39 is 0 Å². The summed E-state index contributed by atoms with van der Waals surface area (Å²) in [5.41, 5.74) is 0.958. The van der Waals surface area contributed by atoms with Crippen LogP contribution >= 0.6 is 11.6 Å². The lowest BCUT2D eigenvalue weighted by Crippen LogP contribution is -2.42. The number of hydrogen-bond acceptors (Lipinski definition) is 4. The maximum Gasteiger partial charge on any atom is 0.262 e. The summed E-state index contributed by atoms with van der Waals surface area (Å²) < 4.78 is 5.36. The minimum absolute atomic E-state index is 0.0600. The number of nitrogens with one attached hydrogen (secondary N) is 2. The number of fused-ring (bicyclic) bond motifs is 1. The summed E-state index contributed by atoms with van der Waals surface area (Å²) in [5, 5.41) is 5.87. The molecule has 1 aromatic carbocycles. The molecular weight excluding hydrogens is 358 g/mol. The third-order valence-electron chi connectivity index (χ3n) is 5.06. The zero-order valence-corrected chi connectivity index (χ0v) is 15.0. The molecule has 1 saturated heterocycles. The van der Waals surface area contributed by atoms with Crippen molar-refractivity contribution in [1.29, 1.82) is 0 Å². The SMILES string of the molecule is O=C1COc2cc(NC(=O)C3CCN(C(=O)C4CC4)CC3)c(Cl)cc2N1. The number of amides is 3. The lowest BCUT2D eigenvalue weighted by molar-refractivity contribution is -0.135. The van der Waals surface area contributed by atoms with Gasteiger partial charge in [0.1, 0.15) is 5.75 Å². The Bertz CT molecular complexity index is 770. The second-order valence-corrected chi connectivity index (χ2v) is 7.44. The minimum Gasteiger partial charge on any atom is -0.482 e. The first-order valence-corrected chi connectivity index (χ1v) is 9.25. The van der Waals surface area contributed by atoms with Crippen LogP contribution in [0.4, 0.5) is 11.4 Å². The molecule has 0 unspecified atom stereocenters. The van der Waals surface area contributed by atoms with Crippen molar-refractivity contribution in [2.24, 2.45) is 11.8 Å². The van der Waals surface area contributed by atoms with Crippen molar-refractivity contribution in [3.05, 3.63) is 17.2 Å². The van der Waals surface area contributed by atoms with E-state index in [4.69, 9.17) is 16.3 Å². The van der Waals surface area contributed by atoms with Gasteiger partial charge in [-0.1, -0.05) is 11.6 Å². The molecule has 3 aliphatic rings. The van der Waals surface area contributed by atoms with Crippen molar-refractivity contribution in [3.63, 3.8) is 0 Å². The number of ether oxygens (including phenoxy) is 1. The summed E-state index contributed by atoms with van der Waals surface area (Å²) in [6.45, 7) is 1.19. The Morgan fingerprint density at radius 1 is 1.15 bits per heavy atom. The number of carbonyl (C=O) groups excluding carboxylic acids is 3. The second kappa shape index (κ2) is 6.79. The lowest BCUT2D eigenvalue weighted by Gasteiger charge is -2.31. The fourth-order valence-corrected chi connectivity index (χ4v) is 3.59. The van der Waals surface area contributed by atoms with E-state index in [9.17, 15) is 14.4 Å². The Labute approximate surface area is 156 Å². The molecule has 0 atom stereocenters. The third kappa shape index (κ3) is 3.49. The number of likely N-dealkylation sites (tertiary alicyclic amines) is 1. The van der Waals surface area contributed by atoms with Gasteiger partial charge in [-0.05, 0) is 31.7 Å². The third-order valence-corrected chi connectivity index (χ3v) is 5.38. The molecule has 2 fully saturated rings. The van der Waals surface area contributed by atoms with Crippen molar-refractivity contribution in [3.8, 4) is 5.75 Å². The highest BCUT2D eigenvalue weighted by Crippen LogP contribution is 2.37. The molecule has 26 heavy (non-hydrogen) atoms. The molecule has 2 N–H and O–H groups in total. The Balaban J connectivity index is 1.38. The van der Waals surface area contributed by atoms with Gasteiger partial charge < -0.3 is 20.3 Å². The van der Waals surface area contributed by atoms with Crippen LogP contribution in [-0.2, 0) is 14.4 Å². The fraction of sp³-hybridized carbons (Fsp3) is 0.500. The van der Waals surface area contributed by atoms with Gasteiger partial charge in [0.25, 0.3) is 5.91 Å². The topological polar surface area (TPSA) is 87.7 Å². The van der Waals surface area contributed by atoms with Crippen LogP contribution in [0.25, 0.3) is 0 Å². The number of benzene rings is 1. The molecule has 8 heteroatoms. The van der Waals surface area contributed by atoms with Crippen LogP contribution in [0, 0.1) is 11.8 Å². The zero-order valence-electron chi connectivity index (χ0n) is 14.2. The van der Waals surface area contributed by atoms with Crippen LogP contribution < -0.4 is 15.4 Å². The number of halogens is 1. The standard InChI is InChI=1S/C18H20ClN3O4/c19-12-7-14-15(26-9-16(23)20-14)8-13(12)21-17(24)10-3-5-22(6-4-10)18(25)11-1-2-11/h7-8,10-11H,1-6,9H2,(H,20,23)(H,21,24). The number of nitrogens with zero attached hydrogens (tertiary/aromatic N) is 1. The maximum absolute atomic E-state index is 12.6. The van der Waals surface area contributed by atoms with Crippen molar-refractivity contribution >= 4 is 40.7 Å². The molecular formula is C18H20ClN3O4. The number of rotatable bonds is 3. The summed E-state index contributed by atoms with van der Waals surface area (Å²) in [6.07, 6.45) is 3.30. The van der Waals surface area contributed by atoms with E-state index in [0.29, 0.717) is 48.1 Å². The van der Waals surface area contributed by atoms with Crippen molar-refractivity contribution in [2.75, 3.05) is 30.3 Å². The molecule has 1 aromatic rings. The van der Waals surface area contributed by atoms with Gasteiger partial charge in [0.2, 0.25) is 11.8 Å². The number of anilines is 2. The summed E-state index contributed by atoms with van der Waals surface area (Å²) in [5.74, 6) is 0.444. The molecule has 7 nitrogen and oxygen atoms in total. The minimum atomic E-state index is -0.238. The first-order valence-electron chi connectivity index (χ1n) is 8.87. The molecule has 1 saturated carbocycles. The highest BCUT2D eigenvalue weighted by Gasteiger charge is 2.36. The first kappa shape index (κ1) is 17.1. The van der Waals surface area contributed by atoms with Crippen molar-refractivity contribution < 1.29 is 19.1 Å². The van der Waals surface area contributed by atoms with E-state index in [1.165, 1.54) is 0 Å². The molecule has 0 bridgehead atoms. The second-order valence-electron chi connectivity index (χ2n) is 7.03. The Kier molecular flexibility index (Phi) is 4.48. The van der Waals surface area contributed by atoms with Crippen LogP contribution in [0.1, 0.15) is 25.7 Å². The summed E-state index contributed by atoms with van der Waals surface area (Å²) in [6, 6.07) is 3.20. The number of piperidine rings is 1. The summed E-state index contributed by atoms with van der Waals surface area (Å²) in [7, 11) is 0. The van der Waals surface area contributed by atoms with Gasteiger partial charge in [0.15, 0.2) is 6.61 Å². The fourth-order valence-electron chi connectivity index (χ4n) is 3.38. The molecule has 3 amide bonds. The quantitative estimate of drug-likeness (QED) is 0.845. The largest absolute Gasteiger partial charge is 0.482 e. The molecule has 1 aliphatic carbocycles. The number of hydrogen-bond donors (Lipinski definition) is 2. The van der Waals surface area contributed by atoms with Crippen LogP contribution in [0.15, 0.2) is 12.1 Å². The summed E-state index contributed by atoms with van der Waals surface area (Å²) in [4.78, 5) is 37.9. The van der Waals surface area contributed by atoms with Gasteiger partial charge in [0.05, 0.1) is 16.4 Å². The molecule has 0 aromatic heterocycles. The number of carbonyl (C=O) groups is 3. The van der Waals surface area contributed by atoms with Gasteiger partial charge in [-0.3, -0.25) is 14.4 Å². The Hall–Kier alpha value is -2.28. The highest BCUT2D eigenvalue weighted by atomic mass is 35.5. The van der Waals surface area contributed by atoms with Crippen LogP contribution in [0.2, 0.25) is 5.02 Å². The molecule has 138 valence electrons. The van der Waals surface area contributed by atoms with Gasteiger partial charge in [-0.25, -0.2) is 0 Å². The highest BCUT2D eigenvalue weighted by molar-refractivity contribution is 6.34. The van der Waals surface area contributed by atoms with Gasteiger partial charge >= 0.3 is 0 Å². The van der Waals surface area contributed by atoms with Gasteiger partial charge in [-0.2, -0.15) is 0 Å². The molecule has 4 rings (SSSR count). The average Bonchev–Trinajstić information content (AvgIpc) is 3.47. The smallest absolute Gasteiger partial charge is 0.262 e. The van der Waals surface area contributed by atoms with E-state index >= 15 is 0 Å². The van der Waals surface area contributed by atoms with Crippen LogP contribution in [0.5, 0.6) is 5.75 Å². The van der Waals surface area contributed by atoms with Gasteiger partial charge in [0, 0.05) is 31.0 Å². The lowest BCUT2D eigenvalue weighted by atomic mass is 9.95. The van der Waals surface area contributed by atoms with Crippen molar-refractivity contribution in [1.82, 2.24) is 4.90 Å². The molecule has 2 aliphatic heterocycles. The molecule has 0 spiro atoms. The van der Waals surface area contributed by atoms with Crippen LogP contribution in [0.3, 0.4) is 0 Å². The normalized spacial score (nSPS) is 20.0.